The fraction of sp³-hybridized carbons (Fsp3) is 0.300. The van der Waals surface area contributed by atoms with Crippen molar-refractivity contribution in [1.82, 2.24) is 4.90 Å². The van der Waals surface area contributed by atoms with Crippen LogP contribution in [0.2, 0.25) is 0 Å². The van der Waals surface area contributed by atoms with Gasteiger partial charge in [0.2, 0.25) is 0 Å². The highest BCUT2D eigenvalue weighted by molar-refractivity contribution is 7.99. The Kier molecular flexibility index (Phi) is 4.29. The van der Waals surface area contributed by atoms with Crippen molar-refractivity contribution in [1.29, 1.82) is 0 Å². The van der Waals surface area contributed by atoms with Crippen molar-refractivity contribution in [2.24, 2.45) is 0 Å². The molecule has 2 aromatic rings. The van der Waals surface area contributed by atoms with E-state index in [1.54, 1.807) is 16.7 Å². The molecule has 4 rings (SSSR count). The normalized spacial score (nSPS) is 22.6. The molecule has 3 nitrogen and oxygen atoms in total. The first-order chi connectivity index (χ1) is 12.1. The number of amides is 1. The van der Waals surface area contributed by atoms with Gasteiger partial charge < -0.3 is 4.90 Å². The number of rotatable bonds is 3. The highest BCUT2D eigenvalue weighted by Gasteiger charge is 2.50. The zero-order valence-electron chi connectivity index (χ0n) is 14.3. The Labute approximate surface area is 158 Å². The van der Waals surface area contributed by atoms with Crippen LogP contribution in [0.15, 0.2) is 48.5 Å². The molecule has 25 heavy (non-hydrogen) atoms. The van der Waals surface area contributed by atoms with Gasteiger partial charge in [-0.2, -0.15) is 0 Å². The van der Waals surface area contributed by atoms with E-state index in [1.807, 2.05) is 12.1 Å². The summed E-state index contributed by atoms with van der Waals surface area (Å²) >= 11 is 7.51. The molecule has 2 aliphatic rings. The molecule has 0 spiro atoms. The van der Waals surface area contributed by atoms with Gasteiger partial charge >= 0.3 is 0 Å². The second-order valence-electron chi connectivity index (χ2n) is 6.50. The summed E-state index contributed by atoms with van der Waals surface area (Å²) in [5.74, 6) is 0.873. The van der Waals surface area contributed by atoms with Crippen LogP contribution >= 0.6 is 24.0 Å². The summed E-state index contributed by atoms with van der Waals surface area (Å²) in [4.78, 5) is 16.8. The van der Waals surface area contributed by atoms with Crippen LogP contribution in [-0.2, 0) is 11.2 Å². The number of hydrogen-bond donors (Lipinski definition) is 0. The van der Waals surface area contributed by atoms with Crippen LogP contribution in [0.3, 0.4) is 0 Å². The SMILES string of the molecule is CCc1ccc(N2C(=O)[C@@H]3CS[C@H](c4ccc(C)cc4)N3C2=S)cc1. The van der Waals surface area contributed by atoms with Crippen LogP contribution in [0.5, 0.6) is 0 Å². The molecule has 0 aliphatic carbocycles. The molecule has 2 fully saturated rings. The van der Waals surface area contributed by atoms with Crippen molar-refractivity contribution < 1.29 is 4.79 Å². The summed E-state index contributed by atoms with van der Waals surface area (Å²) in [5.41, 5.74) is 4.57. The lowest BCUT2D eigenvalue weighted by atomic mass is 10.1. The van der Waals surface area contributed by atoms with E-state index in [1.165, 1.54) is 16.7 Å². The van der Waals surface area contributed by atoms with E-state index in [0.29, 0.717) is 5.11 Å². The van der Waals surface area contributed by atoms with Gasteiger partial charge in [-0.1, -0.05) is 48.9 Å². The number of aryl methyl sites for hydroxylation is 2. The number of nitrogens with zero attached hydrogens (tertiary/aromatic N) is 2. The van der Waals surface area contributed by atoms with Crippen LogP contribution in [-0.4, -0.2) is 27.7 Å². The summed E-state index contributed by atoms with van der Waals surface area (Å²) in [7, 11) is 0. The Morgan fingerprint density at radius 2 is 1.80 bits per heavy atom. The minimum Gasteiger partial charge on any atom is -0.319 e. The molecule has 0 saturated carbocycles. The minimum atomic E-state index is -0.158. The van der Waals surface area contributed by atoms with E-state index in [-0.39, 0.29) is 17.3 Å². The molecule has 0 bridgehead atoms. The summed E-state index contributed by atoms with van der Waals surface area (Å²) in [5, 5.41) is 0.733. The molecule has 2 heterocycles. The Balaban J connectivity index is 1.65. The van der Waals surface area contributed by atoms with Crippen LogP contribution in [0.25, 0.3) is 0 Å². The zero-order chi connectivity index (χ0) is 17.6. The third-order valence-corrected chi connectivity index (χ3v) is 6.60. The van der Waals surface area contributed by atoms with Gasteiger partial charge in [0.25, 0.3) is 5.91 Å². The lowest BCUT2D eigenvalue weighted by Crippen LogP contribution is -2.33. The molecule has 128 valence electrons. The highest BCUT2D eigenvalue weighted by atomic mass is 32.2. The monoisotopic (exact) mass is 368 g/mol. The maximum atomic E-state index is 13.0. The van der Waals surface area contributed by atoms with Crippen LogP contribution in [0, 0.1) is 6.92 Å². The average molecular weight is 369 g/mol. The third kappa shape index (κ3) is 2.75. The van der Waals surface area contributed by atoms with Gasteiger partial charge in [0, 0.05) is 5.75 Å². The van der Waals surface area contributed by atoms with E-state index in [9.17, 15) is 4.79 Å². The summed E-state index contributed by atoms with van der Waals surface area (Å²) in [6, 6.07) is 16.5. The largest absolute Gasteiger partial charge is 0.319 e. The summed E-state index contributed by atoms with van der Waals surface area (Å²) in [6.07, 6.45) is 0.986. The third-order valence-electron chi connectivity index (χ3n) is 4.88. The predicted octanol–water partition coefficient (Wildman–Crippen LogP) is 4.31. The summed E-state index contributed by atoms with van der Waals surface area (Å²) < 4.78 is 0. The van der Waals surface area contributed by atoms with Crippen molar-refractivity contribution >= 4 is 40.7 Å². The molecule has 0 unspecified atom stereocenters. The first-order valence-electron chi connectivity index (χ1n) is 8.53. The van der Waals surface area contributed by atoms with Crippen LogP contribution < -0.4 is 4.90 Å². The number of thioether (sulfide) groups is 1. The molecular weight excluding hydrogens is 348 g/mol. The molecule has 2 atom stereocenters. The van der Waals surface area contributed by atoms with Gasteiger partial charge in [0.15, 0.2) is 5.11 Å². The molecule has 0 N–H and O–H groups in total. The van der Waals surface area contributed by atoms with E-state index < -0.39 is 0 Å². The molecule has 2 aromatic carbocycles. The molecule has 1 amide bonds. The first-order valence-corrected chi connectivity index (χ1v) is 9.99. The average Bonchev–Trinajstić information content (AvgIpc) is 3.17. The number of carbonyl (C=O) groups is 1. The van der Waals surface area contributed by atoms with Gasteiger partial charge in [-0.05, 0) is 48.8 Å². The van der Waals surface area contributed by atoms with E-state index in [2.05, 4.69) is 55.1 Å². The number of anilines is 1. The quantitative estimate of drug-likeness (QED) is 0.754. The molecular formula is C20H20N2OS2. The number of fused-ring (bicyclic) bond motifs is 1. The van der Waals surface area contributed by atoms with E-state index >= 15 is 0 Å². The van der Waals surface area contributed by atoms with E-state index in [4.69, 9.17) is 12.2 Å². The minimum absolute atomic E-state index is 0.0939. The van der Waals surface area contributed by atoms with Crippen LogP contribution in [0.1, 0.15) is 29.0 Å². The lowest BCUT2D eigenvalue weighted by Gasteiger charge is -2.25. The fourth-order valence-electron chi connectivity index (χ4n) is 3.40. The van der Waals surface area contributed by atoms with Crippen molar-refractivity contribution in [3.05, 3.63) is 65.2 Å². The molecule has 0 radical (unpaired) electrons. The predicted molar refractivity (Wildman–Crippen MR) is 108 cm³/mol. The maximum absolute atomic E-state index is 13.0. The lowest BCUT2D eigenvalue weighted by molar-refractivity contribution is -0.119. The number of hydrogen-bond acceptors (Lipinski definition) is 3. The highest BCUT2D eigenvalue weighted by Crippen LogP contribution is 2.46. The van der Waals surface area contributed by atoms with Crippen molar-refractivity contribution in [3.63, 3.8) is 0 Å². The van der Waals surface area contributed by atoms with Crippen molar-refractivity contribution in [2.45, 2.75) is 31.7 Å². The zero-order valence-corrected chi connectivity index (χ0v) is 15.9. The fourth-order valence-corrected chi connectivity index (χ4v) is 5.31. The van der Waals surface area contributed by atoms with Gasteiger partial charge in [0.1, 0.15) is 11.4 Å². The molecule has 0 aromatic heterocycles. The van der Waals surface area contributed by atoms with Gasteiger partial charge in [-0.3, -0.25) is 9.69 Å². The Morgan fingerprint density at radius 3 is 2.44 bits per heavy atom. The number of thiocarbonyl (C=S) groups is 1. The van der Waals surface area contributed by atoms with Crippen molar-refractivity contribution in [2.75, 3.05) is 10.7 Å². The smallest absolute Gasteiger partial charge is 0.257 e. The number of benzene rings is 2. The first kappa shape index (κ1) is 16.6. The van der Waals surface area contributed by atoms with Crippen molar-refractivity contribution in [3.8, 4) is 0 Å². The van der Waals surface area contributed by atoms with Gasteiger partial charge in [-0.25, -0.2) is 0 Å². The van der Waals surface area contributed by atoms with Gasteiger partial charge in [0.05, 0.1) is 5.69 Å². The molecule has 5 heteroatoms. The number of carbonyl (C=O) groups excluding carboxylic acids is 1. The standard InChI is InChI=1S/C20H20N2OS2/c1-3-14-6-10-16(11-7-14)21-18(23)17-12-25-19(22(17)20(21)24)15-8-4-13(2)5-9-15/h4-11,17,19H,3,12H2,1-2H3/t17-,19+/m0/s1. The maximum Gasteiger partial charge on any atom is 0.257 e. The molecule has 2 saturated heterocycles. The Bertz CT molecular complexity index is 817. The van der Waals surface area contributed by atoms with E-state index in [0.717, 1.165) is 17.9 Å². The second-order valence-corrected chi connectivity index (χ2v) is 7.97. The molecule has 2 aliphatic heterocycles. The van der Waals surface area contributed by atoms with Gasteiger partial charge in [-0.15, -0.1) is 11.8 Å². The second kappa shape index (κ2) is 6.46. The summed E-state index contributed by atoms with van der Waals surface area (Å²) in [6.45, 7) is 4.21. The Hall–Kier alpha value is -1.85. The topological polar surface area (TPSA) is 23.6 Å². The van der Waals surface area contributed by atoms with Crippen LogP contribution in [0.4, 0.5) is 5.69 Å². The Morgan fingerprint density at radius 1 is 1.12 bits per heavy atom.